The van der Waals surface area contributed by atoms with Crippen molar-refractivity contribution < 1.29 is 38.2 Å². The van der Waals surface area contributed by atoms with Gasteiger partial charge in [-0.1, -0.05) is 24.3 Å². The fourth-order valence-electron chi connectivity index (χ4n) is 8.76. The van der Waals surface area contributed by atoms with Crippen LogP contribution in [0.5, 0.6) is 11.5 Å². The Morgan fingerprint density at radius 3 is 1.45 bits per heavy atom. The number of benzene rings is 2. The molecule has 0 fully saturated rings. The molecule has 0 unspecified atom stereocenters. The Kier molecular flexibility index (Phi) is 21.4. The molecule has 448 valence electrons. The van der Waals surface area contributed by atoms with Crippen LogP contribution in [0.25, 0.3) is 33.2 Å². The maximum Gasteiger partial charge on any atom is 0.276 e. The molecule has 0 aliphatic carbocycles. The van der Waals surface area contributed by atoms with Gasteiger partial charge in [-0.05, 0) is 76.2 Å². The Hall–Kier alpha value is -10.7. The summed E-state index contributed by atoms with van der Waals surface area (Å²) in [7, 11) is 2.94. The van der Waals surface area contributed by atoms with Gasteiger partial charge in [-0.25, -0.2) is 24.9 Å². The first-order valence-electron chi connectivity index (χ1n) is 25.6. The van der Waals surface area contributed by atoms with Crippen molar-refractivity contribution in [1.82, 2.24) is 58.2 Å². The number of pyridine rings is 2. The van der Waals surface area contributed by atoms with E-state index in [1.807, 2.05) is 52.0 Å². The molecule has 15 N–H and O–H groups in total. The first kappa shape index (κ1) is 64.5. The number of rotatable bonds is 21. The van der Waals surface area contributed by atoms with E-state index < -0.39 is 29.5 Å². The van der Waals surface area contributed by atoms with Crippen molar-refractivity contribution in [1.29, 1.82) is 5.26 Å². The second-order valence-electron chi connectivity index (χ2n) is 18.2. The zero-order valence-electron chi connectivity index (χ0n) is 47.2. The van der Waals surface area contributed by atoms with Crippen molar-refractivity contribution in [3.63, 3.8) is 0 Å². The summed E-state index contributed by atoms with van der Waals surface area (Å²) >= 11 is 2.45. The minimum absolute atomic E-state index is 0. The fourth-order valence-corrected chi connectivity index (χ4v) is 8.76. The highest BCUT2D eigenvalue weighted by Gasteiger charge is 2.24. The second-order valence-corrected chi connectivity index (χ2v) is 18.6. The third kappa shape index (κ3) is 14.6. The van der Waals surface area contributed by atoms with Crippen molar-refractivity contribution >= 4 is 131 Å². The van der Waals surface area contributed by atoms with Crippen LogP contribution < -0.4 is 59.8 Å². The van der Waals surface area contributed by atoms with E-state index in [1.165, 1.54) is 50.9 Å². The maximum atomic E-state index is 13.3. The third-order valence-electron chi connectivity index (χ3n) is 12.6. The highest BCUT2D eigenvalue weighted by atomic mass is 79.9. The number of imidazole rings is 3. The monoisotopic (exact) mass is 1300 g/mol. The van der Waals surface area contributed by atoms with E-state index in [9.17, 15) is 28.8 Å². The van der Waals surface area contributed by atoms with Crippen LogP contribution in [0, 0.1) is 24.1 Å². The van der Waals surface area contributed by atoms with Crippen molar-refractivity contribution in [2.24, 2.45) is 22.9 Å². The number of carbonyl (C=O) groups is 6. The van der Waals surface area contributed by atoms with Crippen LogP contribution in [0.4, 0.5) is 29.4 Å². The maximum absolute atomic E-state index is 13.3. The van der Waals surface area contributed by atoms with E-state index in [4.69, 9.17) is 49.1 Å². The number of aromatic nitrogens is 12. The number of nitrogens with two attached hydrogens (primary N) is 6. The molecule has 9 aromatic rings. The molecule has 0 radical (unpaired) electrons. The molecular formula is C54H60Br2N22O8. The zero-order valence-corrected chi connectivity index (χ0v) is 50.5. The molecule has 0 saturated heterocycles. The largest absolute Gasteiger partial charge is 0.494 e. The second kappa shape index (κ2) is 28.5. The lowest BCUT2D eigenvalue weighted by Crippen LogP contribution is -2.20. The number of ether oxygens (including phenoxy) is 2. The number of aryl methyl sites for hydroxylation is 4. The summed E-state index contributed by atoms with van der Waals surface area (Å²) < 4.78 is 19.5. The molecule has 86 heavy (non-hydrogen) atoms. The number of hydrogen-bond acceptors (Lipinski definition) is 19. The van der Waals surface area contributed by atoms with Gasteiger partial charge in [0.25, 0.3) is 11.8 Å². The summed E-state index contributed by atoms with van der Waals surface area (Å²) in [5, 5.41) is 24.7. The lowest BCUT2D eigenvalue weighted by Gasteiger charge is -2.11. The molecule has 0 bridgehead atoms. The van der Waals surface area contributed by atoms with Gasteiger partial charge in [0.2, 0.25) is 41.5 Å². The fraction of sp³-hybridized carbons (Fsp3) is 0.222. The van der Waals surface area contributed by atoms with E-state index in [-0.39, 0.29) is 81.8 Å². The number of primary amides is 4. The predicted octanol–water partition coefficient (Wildman–Crippen LogP) is 4.71. The molecular weight excluding hydrogens is 1240 g/mol. The zero-order chi connectivity index (χ0) is 61.8. The molecule has 7 aromatic heterocycles. The predicted molar refractivity (Wildman–Crippen MR) is 330 cm³/mol. The van der Waals surface area contributed by atoms with Gasteiger partial charge in [-0.2, -0.15) is 15.5 Å². The summed E-state index contributed by atoms with van der Waals surface area (Å²) in [6, 6.07) is 12.5. The van der Waals surface area contributed by atoms with E-state index in [0.717, 1.165) is 0 Å². The van der Waals surface area contributed by atoms with Crippen molar-refractivity contribution in [3.8, 4) is 16.5 Å². The standard InChI is InChI=1S/C27H29N11O4.C26H30N10O4.CBrN.BrH/c1-4-38-19(9-14(2)35-38)25(41)34-27-33-17-10-15(22(28)39)12-20(42-3)21(17)36(27)7-5-6-8-37-24-18(32-26(37)30)11-16(13-31-24)23(29)40;1-4-36-19(9-14(2)34-36)25(39)33-26-32-18-11-15(22(28)37)12-20(40-3)21(18)35(26)8-6-5-7-30-24-17(27)10-16(13-31-24)23(29)38;2-1-3;/h5-6,9-13H,4,7-8H2,1-3H3,(H2,28,39)(H2,29,40)(H2,30,32)(H,33,34,41);5-6,9-13H,4,7-8,27H2,1-3H3,(H2,28,37)(H2,29,38)(H,30,31)(H,32,33,39);;1H/b2*6-5+;;. The molecule has 32 heteroatoms. The summed E-state index contributed by atoms with van der Waals surface area (Å²) in [6.45, 7) is 9.65. The Morgan fingerprint density at radius 2 is 1.02 bits per heavy atom. The Bertz CT molecular complexity index is 4170. The Labute approximate surface area is 508 Å². The average Bonchev–Trinajstić information content (AvgIpc) is 2.21. The van der Waals surface area contributed by atoms with Gasteiger partial charge in [-0.3, -0.25) is 53.3 Å². The molecule has 0 saturated carbocycles. The number of amides is 6. The Balaban J connectivity index is 0.000000261. The van der Waals surface area contributed by atoms with Gasteiger partial charge < -0.3 is 58.3 Å². The third-order valence-corrected chi connectivity index (χ3v) is 12.6. The highest BCUT2D eigenvalue weighted by molar-refractivity contribution is 9.12. The van der Waals surface area contributed by atoms with Gasteiger partial charge >= 0.3 is 0 Å². The number of fused-ring (bicyclic) bond motifs is 3. The molecule has 30 nitrogen and oxygen atoms in total. The number of nitrogens with one attached hydrogen (secondary N) is 3. The van der Waals surface area contributed by atoms with Crippen LogP contribution in [0.1, 0.15) is 87.6 Å². The minimum Gasteiger partial charge on any atom is -0.494 e. The van der Waals surface area contributed by atoms with Crippen LogP contribution in [0.15, 0.2) is 85.2 Å². The summed E-state index contributed by atoms with van der Waals surface area (Å²) in [5.41, 5.74) is 39.9. The molecule has 0 aliphatic heterocycles. The van der Waals surface area contributed by atoms with E-state index in [1.54, 1.807) is 52.3 Å². The lowest BCUT2D eigenvalue weighted by atomic mass is 10.1. The summed E-state index contributed by atoms with van der Waals surface area (Å²) in [5.74, 6) is -1.47. The highest BCUT2D eigenvalue weighted by Crippen LogP contribution is 2.33. The van der Waals surface area contributed by atoms with E-state index in [0.29, 0.717) is 99.5 Å². The average molecular weight is 1310 g/mol. The smallest absolute Gasteiger partial charge is 0.276 e. The number of allylic oxidation sites excluding steroid dienone is 3. The van der Waals surface area contributed by atoms with Crippen LogP contribution >= 0.6 is 32.9 Å². The number of nitriles is 1. The van der Waals surface area contributed by atoms with E-state index >= 15 is 0 Å². The number of methoxy groups -OCH3 is 2. The number of carbonyl (C=O) groups excluding carboxylic acids is 6. The van der Waals surface area contributed by atoms with Crippen molar-refractivity contribution in [2.75, 3.05) is 48.2 Å². The molecule has 6 amide bonds. The van der Waals surface area contributed by atoms with Crippen molar-refractivity contribution in [2.45, 2.75) is 60.4 Å². The number of anilines is 5. The normalized spacial score (nSPS) is 10.9. The SMILES string of the molecule is Br.CCn1nc(C)cc1C(=O)Nc1nc2cc(C(N)=O)cc(OC)c2n1C/C=C/CNc1ncc(C(N)=O)cc1N.CCn1nc(C)cc1C(=O)Nc1nc2cc(C(N)=O)cc(OC)c2n1C/C=C/Cn1c(N)nc2cc(C(N)=O)cnc21.N#CBr. The van der Waals surface area contributed by atoms with Crippen LogP contribution in [0.2, 0.25) is 0 Å². The molecule has 9 rings (SSSR count). The van der Waals surface area contributed by atoms with Gasteiger partial charge in [0.15, 0.2) is 5.65 Å². The van der Waals surface area contributed by atoms with Crippen LogP contribution in [-0.4, -0.2) is 114 Å². The number of halogens is 2. The molecule has 0 aliphatic rings. The number of nitrogens with zero attached hydrogens (tertiary/aromatic N) is 13. The quantitative estimate of drug-likeness (QED) is 0.0440. The summed E-state index contributed by atoms with van der Waals surface area (Å²) in [4.78, 5) is 96.5. The van der Waals surface area contributed by atoms with Gasteiger partial charge in [0, 0.05) is 78.7 Å². The van der Waals surface area contributed by atoms with Gasteiger partial charge in [0.05, 0.1) is 53.5 Å². The first-order chi connectivity index (χ1) is 40.6. The van der Waals surface area contributed by atoms with Crippen molar-refractivity contribution in [3.05, 3.63) is 130 Å². The first-order valence-corrected chi connectivity index (χ1v) is 26.4. The van der Waals surface area contributed by atoms with Gasteiger partial charge in [-0.15, -0.1) is 17.0 Å². The molecule has 2 aromatic carbocycles. The number of nitrogen functional groups attached to an aromatic ring is 2. The topological polar surface area (TPSA) is 452 Å². The lowest BCUT2D eigenvalue weighted by molar-refractivity contribution is 0.0991. The van der Waals surface area contributed by atoms with E-state index in [2.05, 4.69) is 67.0 Å². The number of hydrogen-bond donors (Lipinski definition) is 9. The minimum atomic E-state index is -0.640. The Morgan fingerprint density at radius 1 is 0.605 bits per heavy atom. The van der Waals surface area contributed by atoms with Crippen LogP contribution in [-0.2, 0) is 32.7 Å². The van der Waals surface area contributed by atoms with Crippen LogP contribution in [0.3, 0.4) is 0 Å². The summed E-state index contributed by atoms with van der Waals surface area (Å²) in [6.07, 6.45) is 10.1. The molecule has 7 heterocycles. The van der Waals surface area contributed by atoms with Gasteiger partial charge in [0.1, 0.15) is 50.2 Å². The molecule has 0 atom stereocenters. The molecule has 0 spiro atoms.